The number of nitrogens with zero attached hydrogens (tertiary/aromatic N) is 1. The molecule has 116 valence electrons. The zero-order chi connectivity index (χ0) is 16.1. The molecule has 3 aromatic rings. The minimum absolute atomic E-state index is 0.319. The first-order chi connectivity index (χ1) is 11.2. The third-order valence-electron chi connectivity index (χ3n) is 3.10. The van der Waals surface area contributed by atoms with Gasteiger partial charge in [0.15, 0.2) is 0 Å². The average molecular weight is 325 g/mol. The van der Waals surface area contributed by atoms with Crippen LogP contribution in [-0.2, 0) is 6.61 Å². The Morgan fingerprint density at radius 2 is 1.83 bits per heavy atom. The fourth-order valence-corrected chi connectivity index (χ4v) is 2.64. The molecule has 1 aromatic heterocycles. The summed E-state index contributed by atoms with van der Waals surface area (Å²) in [4.78, 5) is 16.7. The van der Waals surface area contributed by atoms with Gasteiger partial charge in [-0.15, -0.1) is 11.3 Å². The highest BCUT2D eigenvalue weighted by Gasteiger charge is 2.15. The molecule has 0 spiro atoms. The number of carbonyl (C=O) groups is 1. The number of rotatable bonds is 5. The molecule has 0 aliphatic carbocycles. The second-order valence-corrected chi connectivity index (χ2v) is 5.91. The third-order valence-corrected chi connectivity index (χ3v) is 3.93. The SMILES string of the molecule is Cc1nc(COc2ccccc2C(=O)Oc2ccccc2)cs1. The van der Waals surface area contributed by atoms with Gasteiger partial charge in [0.2, 0.25) is 0 Å². The minimum atomic E-state index is -0.443. The van der Waals surface area contributed by atoms with Gasteiger partial charge in [-0.25, -0.2) is 9.78 Å². The number of ether oxygens (including phenoxy) is 2. The van der Waals surface area contributed by atoms with E-state index in [1.807, 2.05) is 36.6 Å². The highest BCUT2D eigenvalue weighted by atomic mass is 32.1. The van der Waals surface area contributed by atoms with E-state index in [9.17, 15) is 4.79 Å². The third kappa shape index (κ3) is 3.96. The van der Waals surface area contributed by atoms with Crippen molar-refractivity contribution >= 4 is 17.3 Å². The van der Waals surface area contributed by atoms with Gasteiger partial charge < -0.3 is 9.47 Å². The fraction of sp³-hybridized carbons (Fsp3) is 0.111. The van der Waals surface area contributed by atoms with Crippen molar-refractivity contribution < 1.29 is 14.3 Å². The van der Waals surface area contributed by atoms with Crippen LogP contribution in [0.2, 0.25) is 0 Å². The highest BCUT2D eigenvalue weighted by molar-refractivity contribution is 7.09. The first-order valence-corrected chi connectivity index (χ1v) is 8.00. The molecule has 0 N–H and O–H groups in total. The zero-order valence-corrected chi connectivity index (χ0v) is 13.4. The maximum Gasteiger partial charge on any atom is 0.347 e. The molecule has 0 atom stereocenters. The van der Waals surface area contributed by atoms with E-state index in [2.05, 4.69) is 4.98 Å². The lowest BCUT2D eigenvalue weighted by Gasteiger charge is -2.10. The molecule has 1 heterocycles. The monoisotopic (exact) mass is 325 g/mol. The molecule has 0 fully saturated rings. The second kappa shape index (κ2) is 7.07. The first-order valence-electron chi connectivity index (χ1n) is 7.12. The van der Waals surface area contributed by atoms with Gasteiger partial charge in [-0.3, -0.25) is 0 Å². The Kier molecular flexibility index (Phi) is 4.68. The summed E-state index contributed by atoms with van der Waals surface area (Å²) in [5, 5.41) is 2.93. The van der Waals surface area contributed by atoms with Crippen LogP contribution in [0.1, 0.15) is 21.1 Å². The van der Waals surface area contributed by atoms with Crippen LogP contribution in [0.15, 0.2) is 60.0 Å². The van der Waals surface area contributed by atoms with Crippen LogP contribution in [-0.4, -0.2) is 11.0 Å². The van der Waals surface area contributed by atoms with Crippen LogP contribution in [0.25, 0.3) is 0 Å². The number of para-hydroxylation sites is 2. The maximum atomic E-state index is 12.3. The predicted octanol–water partition coefficient (Wildman–Crippen LogP) is 4.25. The van der Waals surface area contributed by atoms with E-state index in [0.717, 1.165) is 10.7 Å². The molecular weight excluding hydrogens is 310 g/mol. The average Bonchev–Trinajstić information content (AvgIpc) is 2.99. The van der Waals surface area contributed by atoms with E-state index in [1.165, 1.54) is 0 Å². The van der Waals surface area contributed by atoms with E-state index < -0.39 is 5.97 Å². The van der Waals surface area contributed by atoms with Crippen molar-refractivity contribution in [2.45, 2.75) is 13.5 Å². The molecule has 0 amide bonds. The summed E-state index contributed by atoms with van der Waals surface area (Å²) >= 11 is 1.57. The second-order valence-electron chi connectivity index (χ2n) is 4.85. The summed E-state index contributed by atoms with van der Waals surface area (Å²) in [6.07, 6.45) is 0. The smallest absolute Gasteiger partial charge is 0.347 e. The molecular formula is C18H15NO3S. The van der Waals surface area contributed by atoms with Gasteiger partial charge in [-0.1, -0.05) is 30.3 Å². The lowest BCUT2D eigenvalue weighted by Crippen LogP contribution is -2.11. The van der Waals surface area contributed by atoms with Crippen LogP contribution in [0, 0.1) is 6.92 Å². The topological polar surface area (TPSA) is 48.4 Å². The predicted molar refractivity (Wildman–Crippen MR) is 89.0 cm³/mol. The Morgan fingerprint density at radius 1 is 1.09 bits per heavy atom. The van der Waals surface area contributed by atoms with Gasteiger partial charge in [0.1, 0.15) is 23.7 Å². The molecule has 0 bridgehead atoms. The Hall–Kier alpha value is -2.66. The van der Waals surface area contributed by atoms with E-state index in [1.54, 1.807) is 41.7 Å². The standard InChI is InChI=1S/C18H15NO3S/c1-13-19-14(12-23-13)11-21-17-10-6-5-9-16(17)18(20)22-15-7-3-2-4-8-15/h2-10,12H,11H2,1H3. The van der Waals surface area contributed by atoms with E-state index >= 15 is 0 Å². The van der Waals surface area contributed by atoms with Crippen LogP contribution in [0.4, 0.5) is 0 Å². The Morgan fingerprint density at radius 3 is 2.57 bits per heavy atom. The fourth-order valence-electron chi connectivity index (χ4n) is 2.04. The van der Waals surface area contributed by atoms with Crippen LogP contribution < -0.4 is 9.47 Å². The van der Waals surface area contributed by atoms with Crippen molar-refractivity contribution in [1.29, 1.82) is 0 Å². The first kappa shape index (κ1) is 15.2. The number of thiazole rings is 1. The molecule has 0 saturated heterocycles. The van der Waals surface area contributed by atoms with Crippen LogP contribution >= 0.6 is 11.3 Å². The summed E-state index contributed by atoms with van der Waals surface area (Å²) in [6, 6.07) is 16.0. The van der Waals surface area contributed by atoms with Crippen molar-refractivity contribution in [2.75, 3.05) is 0 Å². The number of aromatic nitrogens is 1. The Balaban J connectivity index is 1.73. The van der Waals surface area contributed by atoms with Crippen LogP contribution in [0.5, 0.6) is 11.5 Å². The minimum Gasteiger partial charge on any atom is -0.486 e. The van der Waals surface area contributed by atoms with Gasteiger partial charge in [-0.2, -0.15) is 0 Å². The number of aryl methyl sites for hydroxylation is 1. The highest BCUT2D eigenvalue weighted by Crippen LogP contribution is 2.22. The van der Waals surface area contributed by atoms with E-state index in [0.29, 0.717) is 23.7 Å². The molecule has 0 aliphatic heterocycles. The van der Waals surface area contributed by atoms with Crippen molar-refractivity contribution in [1.82, 2.24) is 4.98 Å². The Bertz CT molecular complexity index is 799. The summed E-state index contributed by atoms with van der Waals surface area (Å²) in [6.45, 7) is 2.26. The number of carbonyl (C=O) groups excluding carboxylic acids is 1. The molecule has 2 aromatic carbocycles. The van der Waals surface area contributed by atoms with Crippen molar-refractivity contribution in [3.05, 3.63) is 76.2 Å². The summed E-state index contributed by atoms with van der Waals surface area (Å²) < 4.78 is 11.1. The molecule has 5 heteroatoms. The van der Waals surface area contributed by atoms with E-state index in [4.69, 9.17) is 9.47 Å². The van der Waals surface area contributed by atoms with Crippen molar-refractivity contribution in [3.8, 4) is 11.5 Å². The molecule has 4 nitrogen and oxygen atoms in total. The van der Waals surface area contributed by atoms with Gasteiger partial charge >= 0.3 is 5.97 Å². The Labute approximate surface area is 138 Å². The largest absolute Gasteiger partial charge is 0.486 e. The number of hydrogen-bond acceptors (Lipinski definition) is 5. The van der Waals surface area contributed by atoms with Gasteiger partial charge in [0.25, 0.3) is 0 Å². The number of esters is 1. The molecule has 23 heavy (non-hydrogen) atoms. The lowest BCUT2D eigenvalue weighted by atomic mass is 10.2. The summed E-state index contributed by atoms with van der Waals surface area (Å²) in [5.74, 6) is 0.544. The van der Waals surface area contributed by atoms with Gasteiger partial charge in [-0.05, 0) is 31.2 Å². The molecule has 0 aliphatic rings. The molecule has 0 unspecified atom stereocenters. The van der Waals surface area contributed by atoms with Crippen LogP contribution in [0.3, 0.4) is 0 Å². The summed E-state index contributed by atoms with van der Waals surface area (Å²) in [7, 11) is 0. The summed E-state index contributed by atoms with van der Waals surface area (Å²) in [5.41, 5.74) is 1.24. The molecule has 0 saturated carbocycles. The van der Waals surface area contributed by atoms with E-state index in [-0.39, 0.29) is 0 Å². The van der Waals surface area contributed by atoms with Crippen molar-refractivity contribution in [3.63, 3.8) is 0 Å². The quantitative estimate of drug-likeness (QED) is 0.520. The van der Waals surface area contributed by atoms with Gasteiger partial charge in [0.05, 0.1) is 10.7 Å². The lowest BCUT2D eigenvalue weighted by molar-refractivity contribution is 0.0729. The van der Waals surface area contributed by atoms with Gasteiger partial charge in [0, 0.05) is 5.38 Å². The molecule has 3 rings (SSSR count). The number of hydrogen-bond donors (Lipinski definition) is 0. The number of benzene rings is 2. The zero-order valence-electron chi connectivity index (χ0n) is 12.6. The maximum absolute atomic E-state index is 12.3. The van der Waals surface area contributed by atoms with Crippen molar-refractivity contribution in [2.24, 2.45) is 0 Å². The molecule has 0 radical (unpaired) electrons. The normalized spacial score (nSPS) is 10.3.